The number of hydrogen-bond acceptors (Lipinski definition) is 3. The zero-order valence-electron chi connectivity index (χ0n) is 10.3. The molecule has 1 heterocycles. The first-order chi connectivity index (χ1) is 8.31. The summed E-state index contributed by atoms with van der Waals surface area (Å²) in [5, 5.41) is 4.38. The molecular formula is C14H18N2O. The minimum atomic E-state index is 0.141. The number of nitrogens with one attached hydrogen (secondary N) is 1. The Labute approximate surface area is 102 Å². The van der Waals surface area contributed by atoms with Crippen LogP contribution in [0.2, 0.25) is 0 Å². The van der Waals surface area contributed by atoms with Crippen LogP contribution >= 0.6 is 0 Å². The smallest absolute Gasteiger partial charge is 0.145 e. The van der Waals surface area contributed by atoms with Crippen molar-refractivity contribution in [3.05, 3.63) is 36.5 Å². The van der Waals surface area contributed by atoms with Crippen molar-refractivity contribution in [2.24, 2.45) is 0 Å². The normalized spacial score (nSPS) is 12.6. The summed E-state index contributed by atoms with van der Waals surface area (Å²) in [4.78, 5) is 4.37. The van der Waals surface area contributed by atoms with Crippen LogP contribution in [0, 0.1) is 0 Å². The molecule has 3 nitrogen and oxygen atoms in total. The fourth-order valence-electron chi connectivity index (χ4n) is 1.78. The van der Waals surface area contributed by atoms with E-state index in [0.29, 0.717) is 0 Å². The van der Waals surface area contributed by atoms with Gasteiger partial charge in [0, 0.05) is 18.1 Å². The van der Waals surface area contributed by atoms with Gasteiger partial charge < -0.3 is 10.1 Å². The molecule has 2 aromatic rings. The second kappa shape index (κ2) is 5.64. The fourth-order valence-corrected chi connectivity index (χ4v) is 1.78. The Kier molecular flexibility index (Phi) is 3.94. The quantitative estimate of drug-likeness (QED) is 0.857. The molecule has 0 fully saturated rings. The van der Waals surface area contributed by atoms with E-state index in [0.717, 1.165) is 29.7 Å². The minimum Gasteiger partial charge on any atom is -0.487 e. The molecule has 1 atom stereocenters. The summed E-state index contributed by atoms with van der Waals surface area (Å²) in [5.41, 5.74) is 0.929. The lowest BCUT2D eigenvalue weighted by molar-refractivity contribution is 0.220. The van der Waals surface area contributed by atoms with Crippen molar-refractivity contribution in [1.82, 2.24) is 10.3 Å². The van der Waals surface area contributed by atoms with Crippen LogP contribution in [0.15, 0.2) is 36.5 Å². The standard InChI is InChI=1S/C14H18N2O/c1-3-15-10-11(2)17-13-8-4-6-12-7-5-9-16-14(12)13/h4-9,11,15H,3,10H2,1-2H3. The van der Waals surface area contributed by atoms with Gasteiger partial charge >= 0.3 is 0 Å². The number of pyridine rings is 1. The zero-order valence-corrected chi connectivity index (χ0v) is 10.3. The van der Waals surface area contributed by atoms with E-state index in [1.165, 1.54) is 0 Å². The summed E-state index contributed by atoms with van der Waals surface area (Å²) in [5.74, 6) is 0.855. The zero-order chi connectivity index (χ0) is 12.1. The van der Waals surface area contributed by atoms with Gasteiger partial charge in [-0.1, -0.05) is 25.1 Å². The van der Waals surface area contributed by atoms with Gasteiger partial charge in [0.15, 0.2) is 0 Å². The lowest BCUT2D eigenvalue weighted by atomic mass is 10.2. The monoisotopic (exact) mass is 230 g/mol. The minimum absolute atomic E-state index is 0.141. The topological polar surface area (TPSA) is 34.1 Å². The molecule has 0 saturated carbocycles. The summed E-state index contributed by atoms with van der Waals surface area (Å²) in [6.45, 7) is 5.96. The molecule has 3 heteroatoms. The molecule has 0 spiro atoms. The number of aromatic nitrogens is 1. The van der Waals surface area contributed by atoms with Gasteiger partial charge in [0.25, 0.3) is 0 Å². The molecule has 0 amide bonds. The third kappa shape index (κ3) is 2.94. The summed E-state index contributed by atoms with van der Waals surface area (Å²) in [6, 6.07) is 10.00. The van der Waals surface area contributed by atoms with Gasteiger partial charge in [-0.3, -0.25) is 4.98 Å². The van der Waals surface area contributed by atoms with E-state index in [-0.39, 0.29) is 6.10 Å². The molecule has 17 heavy (non-hydrogen) atoms. The molecule has 0 saturated heterocycles. The molecule has 0 radical (unpaired) electrons. The summed E-state index contributed by atoms with van der Waals surface area (Å²) < 4.78 is 5.90. The Balaban J connectivity index is 2.18. The van der Waals surface area contributed by atoms with E-state index < -0.39 is 0 Å². The number of benzene rings is 1. The first-order valence-electron chi connectivity index (χ1n) is 6.02. The number of nitrogens with zero attached hydrogens (tertiary/aromatic N) is 1. The predicted octanol–water partition coefficient (Wildman–Crippen LogP) is 2.61. The molecule has 90 valence electrons. The molecule has 1 aromatic heterocycles. The van der Waals surface area contributed by atoms with Crippen LogP contribution in [0.1, 0.15) is 13.8 Å². The van der Waals surface area contributed by atoms with Gasteiger partial charge in [-0.2, -0.15) is 0 Å². The molecule has 1 N–H and O–H groups in total. The Morgan fingerprint density at radius 3 is 2.94 bits per heavy atom. The number of ether oxygens (including phenoxy) is 1. The van der Waals surface area contributed by atoms with Crippen LogP contribution in [0.25, 0.3) is 10.9 Å². The molecular weight excluding hydrogens is 212 g/mol. The van der Waals surface area contributed by atoms with Gasteiger partial charge in [0.05, 0.1) is 0 Å². The summed E-state index contributed by atoms with van der Waals surface area (Å²) in [7, 11) is 0. The second-order valence-electron chi connectivity index (χ2n) is 4.07. The van der Waals surface area contributed by atoms with Crippen LogP contribution < -0.4 is 10.1 Å². The van der Waals surface area contributed by atoms with Crippen molar-refractivity contribution in [3.8, 4) is 5.75 Å². The average Bonchev–Trinajstić information content (AvgIpc) is 2.37. The number of rotatable bonds is 5. The Morgan fingerprint density at radius 1 is 1.29 bits per heavy atom. The van der Waals surface area contributed by atoms with Gasteiger partial charge in [0.2, 0.25) is 0 Å². The van der Waals surface area contributed by atoms with Crippen molar-refractivity contribution in [1.29, 1.82) is 0 Å². The van der Waals surface area contributed by atoms with E-state index >= 15 is 0 Å². The Morgan fingerprint density at radius 2 is 2.12 bits per heavy atom. The van der Waals surface area contributed by atoms with Gasteiger partial charge in [-0.05, 0) is 25.6 Å². The van der Waals surface area contributed by atoms with Crippen LogP contribution in [-0.2, 0) is 0 Å². The SMILES string of the molecule is CCNCC(C)Oc1cccc2cccnc12. The third-order valence-corrected chi connectivity index (χ3v) is 2.61. The van der Waals surface area contributed by atoms with Crippen molar-refractivity contribution >= 4 is 10.9 Å². The number of hydrogen-bond donors (Lipinski definition) is 1. The van der Waals surface area contributed by atoms with Crippen LogP contribution in [0.4, 0.5) is 0 Å². The van der Waals surface area contributed by atoms with Gasteiger partial charge in [-0.25, -0.2) is 0 Å². The Hall–Kier alpha value is -1.61. The summed E-state index contributed by atoms with van der Waals surface area (Å²) >= 11 is 0. The molecule has 0 aliphatic carbocycles. The van der Waals surface area contributed by atoms with Crippen molar-refractivity contribution < 1.29 is 4.74 Å². The van der Waals surface area contributed by atoms with E-state index in [9.17, 15) is 0 Å². The van der Waals surface area contributed by atoms with Crippen LogP contribution in [-0.4, -0.2) is 24.2 Å². The van der Waals surface area contributed by atoms with Gasteiger partial charge in [-0.15, -0.1) is 0 Å². The molecule has 2 rings (SSSR count). The second-order valence-corrected chi connectivity index (χ2v) is 4.07. The highest BCUT2D eigenvalue weighted by Crippen LogP contribution is 2.23. The molecule has 0 bridgehead atoms. The lowest BCUT2D eigenvalue weighted by Gasteiger charge is -2.15. The maximum Gasteiger partial charge on any atom is 0.145 e. The first-order valence-corrected chi connectivity index (χ1v) is 6.02. The van der Waals surface area contributed by atoms with Crippen molar-refractivity contribution in [3.63, 3.8) is 0 Å². The molecule has 0 aliphatic heterocycles. The lowest BCUT2D eigenvalue weighted by Crippen LogP contribution is -2.28. The van der Waals surface area contributed by atoms with Crippen molar-refractivity contribution in [2.45, 2.75) is 20.0 Å². The molecule has 0 aliphatic rings. The highest BCUT2D eigenvalue weighted by atomic mass is 16.5. The molecule has 1 unspecified atom stereocenters. The highest BCUT2D eigenvalue weighted by Gasteiger charge is 2.07. The predicted molar refractivity (Wildman–Crippen MR) is 70.4 cm³/mol. The number of fused-ring (bicyclic) bond motifs is 1. The Bertz CT molecular complexity index is 479. The number of para-hydroxylation sites is 1. The maximum absolute atomic E-state index is 5.90. The average molecular weight is 230 g/mol. The third-order valence-electron chi connectivity index (χ3n) is 2.61. The van der Waals surface area contributed by atoms with Crippen molar-refractivity contribution in [2.75, 3.05) is 13.1 Å². The van der Waals surface area contributed by atoms with E-state index in [4.69, 9.17) is 4.74 Å². The van der Waals surface area contributed by atoms with Crippen LogP contribution in [0.5, 0.6) is 5.75 Å². The van der Waals surface area contributed by atoms with Gasteiger partial charge in [0.1, 0.15) is 17.4 Å². The fraction of sp³-hybridized carbons (Fsp3) is 0.357. The van der Waals surface area contributed by atoms with E-state index in [1.54, 1.807) is 6.20 Å². The van der Waals surface area contributed by atoms with E-state index in [1.807, 2.05) is 30.3 Å². The first kappa shape index (κ1) is 11.9. The van der Waals surface area contributed by atoms with Crippen LogP contribution in [0.3, 0.4) is 0 Å². The highest BCUT2D eigenvalue weighted by molar-refractivity contribution is 5.84. The number of likely N-dealkylation sites (N-methyl/N-ethyl adjacent to an activating group) is 1. The maximum atomic E-state index is 5.90. The van der Waals surface area contributed by atoms with E-state index in [2.05, 4.69) is 24.1 Å². The molecule has 1 aromatic carbocycles. The largest absolute Gasteiger partial charge is 0.487 e. The summed E-state index contributed by atoms with van der Waals surface area (Å²) in [6.07, 6.45) is 1.94.